The molecule has 1 aliphatic carbocycles. The molecule has 1 saturated carbocycles. The number of nitrogens with one attached hydrogen (secondary N) is 1. The minimum atomic E-state index is -0.779. The van der Waals surface area contributed by atoms with Crippen LogP contribution in [0.5, 0.6) is 5.75 Å². The molecule has 1 atom stereocenters. The summed E-state index contributed by atoms with van der Waals surface area (Å²) < 4.78 is 5.21. The van der Waals surface area contributed by atoms with Crippen molar-refractivity contribution in [3.05, 3.63) is 65.7 Å². The van der Waals surface area contributed by atoms with Crippen molar-refractivity contribution in [2.45, 2.75) is 50.2 Å². The van der Waals surface area contributed by atoms with Crippen LogP contribution in [-0.2, 0) is 16.1 Å². The van der Waals surface area contributed by atoms with Gasteiger partial charge in [-0.15, -0.1) is 0 Å². The lowest BCUT2D eigenvalue weighted by Gasteiger charge is -2.41. The zero-order chi connectivity index (χ0) is 26.0. The van der Waals surface area contributed by atoms with Gasteiger partial charge < -0.3 is 19.9 Å². The van der Waals surface area contributed by atoms with Crippen LogP contribution in [0.2, 0.25) is 0 Å². The van der Waals surface area contributed by atoms with E-state index in [0.29, 0.717) is 12.8 Å². The first kappa shape index (κ1) is 25.3. The molecule has 2 aliphatic heterocycles. The van der Waals surface area contributed by atoms with E-state index in [0.717, 1.165) is 55.8 Å². The number of carbonyl (C=O) groups excluding carboxylic acids is 3. The van der Waals surface area contributed by atoms with Gasteiger partial charge in [-0.2, -0.15) is 0 Å². The van der Waals surface area contributed by atoms with Crippen molar-refractivity contribution in [3.63, 3.8) is 0 Å². The van der Waals surface area contributed by atoms with Crippen molar-refractivity contribution in [1.82, 2.24) is 20.0 Å². The van der Waals surface area contributed by atoms with Gasteiger partial charge in [0.25, 0.3) is 5.91 Å². The number of rotatable bonds is 9. The quantitative estimate of drug-likeness (QED) is 0.528. The van der Waals surface area contributed by atoms with E-state index >= 15 is 0 Å². The fourth-order valence-electron chi connectivity index (χ4n) is 5.55. The average molecular weight is 505 g/mol. The summed E-state index contributed by atoms with van der Waals surface area (Å²) in [4.78, 5) is 44.5. The van der Waals surface area contributed by atoms with Gasteiger partial charge in [0.05, 0.1) is 19.7 Å². The van der Waals surface area contributed by atoms with Crippen molar-refractivity contribution < 1.29 is 19.1 Å². The van der Waals surface area contributed by atoms with Crippen LogP contribution in [-0.4, -0.2) is 71.9 Å². The van der Waals surface area contributed by atoms with Gasteiger partial charge in [-0.1, -0.05) is 42.5 Å². The third kappa shape index (κ3) is 5.21. The smallest absolute Gasteiger partial charge is 0.327 e. The maximum absolute atomic E-state index is 13.6. The monoisotopic (exact) mass is 504 g/mol. The normalized spacial score (nSPS) is 20.4. The SMILES string of the molecule is COc1ccc(CN2C(=O)N(C)C3(CCN(CC[C@H](NC(=O)C4CC4)c4ccccc4)CC3)C2=O)cc1. The number of amides is 4. The minimum Gasteiger partial charge on any atom is -0.497 e. The summed E-state index contributed by atoms with van der Waals surface area (Å²) in [5.74, 6) is 0.961. The first-order valence-electron chi connectivity index (χ1n) is 13.2. The fraction of sp³-hybridized carbons (Fsp3) is 0.483. The second-order valence-electron chi connectivity index (χ2n) is 10.5. The number of nitrogens with zero attached hydrogens (tertiary/aromatic N) is 3. The molecule has 1 N–H and O–H groups in total. The number of carbonyl (C=O) groups is 3. The summed E-state index contributed by atoms with van der Waals surface area (Å²) in [6.45, 7) is 2.55. The molecular weight excluding hydrogens is 468 g/mol. The van der Waals surface area contributed by atoms with Crippen molar-refractivity contribution in [1.29, 1.82) is 0 Å². The molecule has 37 heavy (non-hydrogen) atoms. The molecule has 2 heterocycles. The van der Waals surface area contributed by atoms with Crippen LogP contribution in [0, 0.1) is 5.92 Å². The van der Waals surface area contributed by atoms with Crippen LogP contribution in [0.3, 0.4) is 0 Å². The predicted octanol–water partition coefficient (Wildman–Crippen LogP) is 3.58. The molecular formula is C29H36N4O4. The Labute approximate surface area is 218 Å². The average Bonchev–Trinajstić information content (AvgIpc) is 3.77. The van der Waals surface area contributed by atoms with Gasteiger partial charge in [-0.05, 0) is 55.4 Å². The minimum absolute atomic E-state index is 0.0254. The van der Waals surface area contributed by atoms with Crippen LogP contribution in [0.4, 0.5) is 4.79 Å². The molecule has 196 valence electrons. The van der Waals surface area contributed by atoms with Crippen molar-refractivity contribution in [2.75, 3.05) is 33.8 Å². The predicted molar refractivity (Wildman–Crippen MR) is 140 cm³/mol. The Hall–Kier alpha value is -3.39. The van der Waals surface area contributed by atoms with Crippen LogP contribution in [0.25, 0.3) is 0 Å². The van der Waals surface area contributed by atoms with E-state index in [9.17, 15) is 14.4 Å². The fourth-order valence-corrected chi connectivity index (χ4v) is 5.55. The molecule has 0 bridgehead atoms. The van der Waals surface area contributed by atoms with E-state index < -0.39 is 5.54 Å². The Kier molecular flexibility index (Phi) is 7.20. The molecule has 2 aromatic rings. The summed E-state index contributed by atoms with van der Waals surface area (Å²) in [6, 6.07) is 17.3. The van der Waals surface area contributed by atoms with E-state index in [1.54, 1.807) is 19.1 Å². The van der Waals surface area contributed by atoms with Crippen LogP contribution < -0.4 is 10.1 Å². The number of benzene rings is 2. The van der Waals surface area contributed by atoms with Crippen molar-refractivity contribution >= 4 is 17.8 Å². The number of hydrogen-bond donors (Lipinski definition) is 1. The standard InChI is InChI=1S/C29H36N4O4/c1-31-28(36)33(20-21-8-12-24(37-2)13-9-21)27(35)29(31)15-18-32(19-16-29)17-14-25(22-6-4-3-5-7-22)30-26(34)23-10-11-23/h3-9,12-13,23,25H,10-11,14-20H2,1-2H3,(H,30,34)/t25-/m0/s1. The van der Waals surface area contributed by atoms with E-state index in [-0.39, 0.29) is 36.3 Å². The largest absolute Gasteiger partial charge is 0.497 e. The van der Waals surface area contributed by atoms with E-state index in [1.165, 1.54) is 4.90 Å². The zero-order valence-corrected chi connectivity index (χ0v) is 21.7. The molecule has 0 radical (unpaired) electrons. The number of urea groups is 1. The highest BCUT2D eigenvalue weighted by Crippen LogP contribution is 2.37. The number of likely N-dealkylation sites (N-methyl/N-ethyl adjacent to an activating group) is 1. The van der Waals surface area contributed by atoms with Gasteiger partial charge in [-0.3, -0.25) is 14.5 Å². The molecule has 8 heteroatoms. The second kappa shape index (κ2) is 10.5. The van der Waals surface area contributed by atoms with Gasteiger partial charge in [0.15, 0.2) is 0 Å². The first-order chi connectivity index (χ1) is 17.9. The van der Waals surface area contributed by atoms with Crippen molar-refractivity contribution in [2.24, 2.45) is 5.92 Å². The highest BCUT2D eigenvalue weighted by atomic mass is 16.5. The molecule has 2 aromatic carbocycles. The lowest BCUT2D eigenvalue weighted by molar-refractivity contribution is -0.135. The summed E-state index contributed by atoms with van der Waals surface area (Å²) in [7, 11) is 3.36. The van der Waals surface area contributed by atoms with Gasteiger partial charge in [0.2, 0.25) is 5.91 Å². The molecule has 5 rings (SSSR count). The number of methoxy groups -OCH3 is 1. The highest BCUT2D eigenvalue weighted by Gasteiger charge is 2.56. The molecule has 1 spiro atoms. The van der Waals surface area contributed by atoms with Crippen LogP contribution in [0.15, 0.2) is 54.6 Å². The summed E-state index contributed by atoms with van der Waals surface area (Å²) in [5, 5.41) is 3.25. The van der Waals surface area contributed by atoms with E-state index in [4.69, 9.17) is 4.74 Å². The molecule has 3 fully saturated rings. The third-order valence-corrected chi connectivity index (χ3v) is 8.19. The first-order valence-corrected chi connectivity index (χ1v) is 13.2. The second-order valence-corrected chi connectivity index (χ2v) is 10.5. The third-order valence-electron chi connectivity index (χ3n) is 8.19. The maximum atomic E-state index is 13.6. The Bertz CT molecular complexity index is 1120. The number of piperidine rings is 1. The molecule has 8 nitrogen and oxygen atoms in total. The van der Waals surface area contributed by atoms with Crippen LogP contribution in [0.1, 0.15) is 49.3 Å². The summed E-state index contributed by atoms with van der Waals surface area (Å²) in [5.41, 5.74) is 1.24. The Morgan fingerprint density at radius 3 is 2.35 bits per heavy atom. The van der Waals surface area contributed by atoms with Gasteiger partial charge in [0.1, 0.15) is 11.3 Å². The summed E-state index contributed by atoms with van der Waals surface area (Å²) >= 11 is 0. The molecule has 4 amide bonds. The lowest BCUT2D eigenvalue weighted by Crippen LogP contribution is -2.55. The Morgan fingerprint density at radius 1 is 1.05 bits per heavy atom. The number of likely N-dealkylation sites (tertiary alicyclic amines) is 1. The topological polar surface area (TPSA) is 82.2 Å². The zero-order valence-electron chi connectivity index (χ0n) is 21.7. The molecule has 0 unspecified atom stereocenters. The van der Waals surface area contributed by atoms with Gasteiger partial charge >= 0.3 is 6.03 Å². The molecule has 3 aliphatic rings. The number of imide groups is 1. The van der Waals surface area contributed by atoms with E-state index in [1.807, 2.05) is 42.5 Å². The number of ether oxygens (including phenoxy) is 1. The molecule has 0 aromatic heterocycles. The van der Waals surface area contributed by atoms with Crippen molar-refractivity contribution in [3.8, 4) is 5.75 Å². The van der Waals surface area contributed by atoms with E-state index in [2.05, 4.69) is 22.3 Å². The van der Waals surface area contributed by atoms with Crippen LogP contribution >= 0.6 is 0 Å². The Balaban J connectivity index is 1.19. The highest BCUT2D eigenvalue weighted by molar-refractivity contribution is 6.06. The Morgan fingerprint density at radius 2 is 1.73 bits per heavy atom. The lowest BCUT2D eigenvalue weighted by atomic mass is 9.86. The van der Waals surface area contributed by atoms with Gasteiger partial charge in [0, 0.05) is 32.6 Å². The maximum Gasteiger partial charge on any atom is 0.327 e. The number of hydrogen-bond acceptors (Lipinski definition) is 5. The molecule has 2 saturated heterocycles. The van der Waals surface area contributed by atoms with Gasteiger partial charge in [-0.25, -0.2) is 4.79 Å². The summed E-state index contributed by atoms with van der Waals surface area (Å²) in [6.07, 6.45) is 3.99.